The van der Waals surface area contributed by atoms with E-state index in [9.17, 15) is 9.59 Å². The minimum atomic E-state index is -0.478. The molecule has 0 fully saturated rings. The summed E-state index contributed by atoms with van der Waals surface area (Å²) in [6, 6.07) is 4.89. The number of ether oxygens (including phenoxy) is 2. The second-order valence-corrected chi connectivity index (χ2v) is 3.30. The summed E-state index contributed by atoms with van der Waals surface area (Å²) in [6.45, 7) is 6.13. The molecular weight excluding hydrogens is 220 g/mol. The quantitative estimate of drug-likeness (QED) is 0.594. The van der Waals surface area contributed by atoms with E-state index in [-0.39, 0.29) is 11.5 Å². The number of carbonyl (C=O) groups excluding carboxylic acids is 2. The Hall–Kier alpha value is -2.10. The van der Waals surface area contributed by atoms with E-state index in [2.05, 4.69) is 6.92 Å². The van der Waals surface area contributed by atoms with Gasteiger partial charge in [-0.2, -0.15) is 0 Å². The van der Waals surface area contributed by atoms with Gasteiger partial charge in [0.25, 0.3) is 0 Å². The largest absolute Gasteiger partial charge is 0.423 e. The van der Waals surface area contributed by atoms with Crippen molar-refractivity contribution in [1.29, 1.82) is 0 Å². The van der Waals surface area contributed by atoms with Crippen LogP contribution in [0.1, 0.15) is 19.4 Å². The van der Waals surface area contributed by atoms with E-state index in [1.807, 2.05) is 0 Å². The third-order valence-electron chi connectivity index (χ3n) is 1.79. The van der Waals surface area contributed by atoms with Crippen molar-refractivity contribution in [2.45, 2.75) is 13.8 Å². The Balaban J connectivity index is 3.10. The molecule has 89 valence electrons. The van der Waals surface area contributed by atoms with Gasteiger partial charge in [-0.05, 0) is 24.6 Å². The molecule has 0 aliphatic rings. The molecule has 1 radical (unpaired) electrons. The van der Waals surface area contributed by atoms with E-state index in [1.54, 1.807) is 30.4 Å². The normalized spacial score (nSPS) is 10.3. The van der Waals surface area contributed by atoms with Gasteiger partial charge in [0.1, 0.15) is 0 Å². The van der Waals surface area contributed by atoms with Gasteiger partial charge in [-0.15, -0.1) is 0 Å². The number of rotatable bonds is 3. The van der Waals surface area contributed by atoms with Crippen molar-refractivity contribution in [3.05, 3.63) is 36.8 Å². The van der Waals surface area contributed by atoms with Gasteiger partial charge in [-0.3, -0.25) is 9.59 Å². The molecule has 17 heavy (non-hydrogen) atoms. The number of hydrogen-bond donors (Lipinski definition) is 0. The van der Waals surface area contributed by atoms with Gasteiger partial charge in [0.2, 0.25) is 0 Å². The number of allylic oxidation sites excluding steroid dienone is 1. The lowest BCUT2D eigenvalue weighted by Gasteiger charge is -2.09. The monoisotopic (exact) mass is 233 g/mol. The first-order valence-corrected chi connectivity index (χ1v) is 4.99. The lowest BCUT2D eigenvalue weighted by Crippen LogP contribution is -2.07. The van der Waals surface area contributed by atoms with Gasteiger partial charge in [-0.25, -0.2) is 0 Å². The zero-order valence-electron chi connectivity index (χ0n) is 9.73. The van der Waals surface area contributed by atoms with Gasteiger partial charge in [0, 0.05) is 13.8 Å². The third kappa shape index (κ3) is 4.10. The highest BCUT2D eigenvalue weighted by Crippen LogP contribution is 2.29. The Kier molecular flexibility index (Phi) is 4.46. The molecule has 4 heteroatoms. The molecule has 0 N–H and O–H groups in total. The minimum absolute atomic E-state index is 0.211. The Morgan fingerprint density at radius 3 is 2.24 bits per heavy atom. The molecule has 0 aliphatic heterocycles. The van der Waals surface area contributed by atoms with Crippen LogP contribution in [0.4, 0.5) is 0 Å². The van der Waals surface area contributed by atoms with Gasteiger partial charge >= 0.3 is 11.9 Å². The smallest absolute Gasteiger partial charge is 0.308 e. The SMILES string of the molecule is [CH2]C=Cc1ccc(OC(C)=O)c(OC(C)=O)c1. The fourth-order valence-corrected chi connectivity index (χ4v) is 1.24. The van der Waals surface area contributed by atoms with E-state index in [0.29, 0.717) is 0 Å². The maximum atomic E-state index is 10.9. The van der Waals surface area contributed by atoms with Crippen LogP contribution in [0.5, 0.6) is 11.5 Å². The van der Waals surface area contributed by atoms with E-state index < -0.39 is 11.9 Å². The zero-order chi connectivity index (χ0) is 12.8. The Morgan fingerprint density at radius 1 is 1.12 bits per heavy atom. The second-order valence-electron chi connectivity index (χ2n) is 3.30. The first-order valence-electron chi connectivity index (χ1n) is 4.99. The molecular formula is C13H13O4. The van der Waals surface area contributed by atoms with Crippen LogP contribution in [0, 0.1) is 6.92 Å². The summed E-state index contributed by atoms with van der Waals surface area (Å²) >= 11 is 0. The van der Waals surface area contributed by atoms with Crippen LogP contribution in [0.25, 0.3) is 6.08 Å². The van der Waals surface area contributed by atoms with E-state index in [1.165, 1.54) is 13.8 Å². The van der Waals surface area contributed by atoms with Crippen molar-refractivity contribution in [2.75, 3.05) is 0 Å². The molecule has 4 nitrogen and oxygen atoms in total. The molecule has 0 saturated carbocycles. The van der Waals surface area contributed by atoms with Crippen molar-refractivity contribution in [1.82, 2.24) is 0 Å². The summed E-state index contributed by atoms with van der Waals surface area (Å²) in [4.78, 5) is 21.8. The maximum absolute atomic E-state index is 10.9. The fraction of sp³-hybridized carbons (Fsp3) is 0.154. The van der Waals surface area contributed by atoms with Crippen LogP contribution >= 0.6 is 0 Å². The van der Waals surface area contributed by atoms with Crippen molar-refractivity contribution < 1.29 is 19.1 Å². The number of benzene rings is 1. The summed E-state index contributed by atoms with van der Waals surface area (Å²) in [6.07, 6.45) is 3.35. The average molecular weight is 233 g/mol. The molecule has 0 aliphatic carbocycles. The molecule has 1 aromatic rings. The lowest BCUT2D eigenvalue weighted by molar-refractivity contribution is -0.134. The molecule has 0 bridgehead atoms. The van der Waals surface area contributed by atoms with Crippen LogP contribution in [-0.4, -0.2) is 11.9 Å². The molecule has 1 rings (SSSR count). The molecule has 0 unspecified atom stereocenters. The first kappa shape index (κ1) is 13.0. The van der Waals surface area contributed by atoms with Crippen LogP contribution in [0.3, 0.4) is 0 Å². The number of hydrogen-bond acceptors (Lipinski definition) is 4. The molecule has 0 spiro atoms. The fourth-order valence-electron chi connectivity index (χ4n) is 1.24. The zero-order valence-corrected chi connectivity index (χ0v) is 9.73. The number of carbonyl (C=O) groups is 2. The van der Waals surface area contributed by atoms with Gasteiger partial charge in [0.15, 0.2) is 11.5 Å². The van der Waals surface area contributed by atoms with E-state index >= 15 is 0 Å². The first-order chi connectivity index (χ1) is 8.02. The number of esters is 2. The summed E-state index contributed by atoms with van der Waals surface area (Å²) in [7, 11) is 0. The Bertz CT molecular complexity index is 460. The molecule has 1 aromatic carbocycles. The summed E-state index contributed by atoms with van der Waals surface area (Å²) in [5.74, 6) is -0.523. The van der Waals surface area contributed by atoms with E-state index in [0.717, 1.165) is 5.56 Å². The Morgan fingerprint density at radius 2 is 1.71 bits per heavy atom. The molecule has 0 amide bonds. The van der Waals surface area contributed by atoms with E-state index in [4.69, 9.17) is 9.47 Å². The Labute approximate surface area is 99.8 Å². The summed E-state index contributed by atoms with van der Waals surface area (Å²) in [5, 5.41) is 0. The van der Waals surface area contributed by atoms with Crippen molar-refractivity contribution in [3.8, 4) is 11.5 Å². The second kappa shape index (κ2) is 5.84. The standard InChI is InChI=1S/C13H13O4/c1-4-5-11-6-7-12(16-9(2)14)13(8-11)17-10(3)15/h4-8H,1H2,2-3H3. The van der Waals surface area contributed by atoms with Crippen molar-refractivity contribution >= 4 is 18.0 Å². The average Bonchev–Trinajstić information content (AvgIpc) is 2.21. The van der Waals surface area contributed by atoms with Crippen LogP contribution < -0.4 is 9.47 Å². The molecule has 0 heterocycles. The molecule has 0 aromatic heterocycles. The maximum Gasteiger partial charge on any atom is 0.308 e. The highest BCUT2D eigenvalue weighted by Gasteiger charge is 2.10. The lowest BCUT2D eigenvalue weighted by atomic mass is 10.2. The van der Waals surface area contributed by atoms with Crippen molar-refractivity contribution in [2.24, 2.45) is 0 Å². The van der Waals surface area contributed by atoms with Crippen LogP contribution in [-0.2, 0) is 9.59 Å². The predicted octanol–water partition coefficient (Wildman–Crippen LogP) is 2.38. The van der Waals surface area contributed by atoms with Crippen LogP contribution in [0.15, 0.2) is 24.3 Å². The topological polar surface area (TPSA) is 52.6 Å². The van der Waals surface area contributed by atoms with Gasteiger partial charge in [-0.1, -0.05) is 18.2 Å². The third-order valence-corrected chi connectivity index (χ3v) is 1.79. The van der Waals surface area contributed by atoms with Gasteiger partial charge < -0.3 is 9.47 Å². The highest BCUT2D eigenvalue weighted by molar-refractivity contribution is 5.74. The summed E-state index contributed by atoms with van der Waals surface area (Å²) in [5.41, 5.74) is 0.798. The molecule has 0 atom stereocenters. The highest BCUT2D eigenvalue weighted by atomic mass is 16.6. The molecule has 0 saturated heterocycles. The van der Waals surface area contributed by atoms with Gasteiger partial charge in [0.05, 0.1) is 0 Å². The minimum Gasteiger partial charge on any atom is -0.423 e. The predicted molar refractivity (Wildman–Crippen MR) is 63.5 cm³/mol. The summed E-state index contributed by atoms with van der Waals surface area (Å²) < 4.78 is 9.89. The van der Waals surface area contributed by atoms with Crippen LogP contribution in [0.2, 0.25) is 0 Å². The van der Waals surface area contributed by atoms with Crippen molar-refractivity contribution in [3.63, 3.8) is 0 Å².